The van der Waals surface area contributed by atoms with Gasteiger partial charge in [-0.3, -0.25) is 19.3 Å². The molecule has 3 aromatic carbocycles. The molecule has 2 aliphatic heterocycles. The van der Waals surface area contributed by atoms with E-state index in [2.05, 4.69) is 0 Å². The molecule has 0 aliphatic carbocycles. The summed E-state index contributed by atoms with van der Waals surface area (Å²) in [5.41, 5.74) is 2.14. The molecule has 0 saturated carbocycles. The number of fused-ring (bicyclic) bond motifs is 2. The summed E-state index contributed by atoms with van der Waals surface area (Å²) in [6.07, 6.45) is 3.85. The van der Waals surface area contributed by atoms with Crippen LogP contribution in [-0.4, -0.2) is 28.7 Å². The maximum Gasteiger partial charge on any atom is 0.243 e. The summed E-state index contributed by atoms with van der Waals surface area (Å²) in [6, 6.07) is 26.1. The van der Waals surface area contributed by atoms with Gasteiger partial charge in [-0.2, -0.15) is 0 Å². The topological polar surface area (TPSA) is 57.7 Å². The molecule has 3 aromatic rings. The van der Waals surface area contributed by atoms with Gasteiger partial charge in [-0.1, -0.05) is 91.0 Å². The Morgan fingerprint density at radius 2 is 1.58 bits per heavy atom. The number of hydrogen-bond acceptors (Lipinski definition) is 3. The highest BCUT2D eigenvalue weighted by molar-refractivity contribution is 6.14. The third-order valence-corrected chi connectivity index (χ3v) is 6.58. The molecular formula is C28H24N2O3. The molecule has 1 fully saturated rings. The first kappa shape index (κ1) is 20.9. The van der Waals surface area contributed by atoms with E-state index in [1.54, 1.807) is 4.90 Å². The third kappa shape index (κ3) is 3.37. The molecule has 2 aliphatic rings. The molecule has 0 bridgehead atoms. The van der Waals surface area contributed by atoms with Crippen molar-refractivity contribution in [2.24, 2.45) is 0 Å². The predicted octanol–water partition coefficient (Wildman–Crippen LogP) is 4.33. The smallest absolute Gasteiger partial charge is 0.243 e. The fraction of sp³-hybridized carbons (Fsp3) is 0.179. The Kier molecular flexibility index (Phi) is 5.17. The number of para-hydroxylation sites is 1. The molecule has 0 N–H and O–H groups in total. The van der Waals surface area contributed by atoms with Crippen molar-refractivity contribution in [2.75, 3.05) is 4.90 Å². The Labute approximate surface area is 192 Å². The van der Waals surface area contributed by atoms with Crippen LogP contribution in [0.25, 0.3) is 6.08 Å². The molecule has 5 nitrogen and oxygen atoms in total. The first-order valence-electron chi connectivity index (χ1n) is 11.0. The average molecular weight is 437 g/mol. The maximum absolute atomic E-state index is 14.0. The highest BCUT2D eigenvalue weighted by atomic mass is 16.2. The largest absolute Gasteiger partial charge is 0.304 e. The average Bonchev–Trinajstić information content (AvgIpc) is 3.25. The van der Waals surface area contributed by atoms with Crippen molar-refractivity contribution < 1.29 is 14.4 Å². The first-order chi connectivity index (χ1) is 16.0. The Morgan fingerprint density at radius 1 is 0.939 bits per heavy atom. The fourth-order valence-corrected chi connectivity index (χ4v) is 5.10. The lowest BCUT2D eigenvalue weighted by molar-refractivity contribution is -0.140. The molecule has 2 unspecified atom stereocenters. The fourth-order valence-electron chi connectivity index (χ4n) is 5.10. The lowest BCUT2D eigenvalue weighted by atomic mass is 9.74. The van der Waals surface area contributed by atoms with Crippen LogP contribution in [0.3, 0.4) is 0 Å². The standard InChI is InChI=1S/C28H24N2O3/c1-20(31)30-24-15-9-8-14-23(24)28(25(30)17-16-21-10-4-2-5-11-21)18-26(32)29(27(28)33)19-22-12-6-3-7-13-22/h2-17,25H,18-19H2,1H3. The highest BCUT2D eigenvalue weighted by Gasteiger charge is 2.63. The number of hydrogen-bond donors (Lipinski definition) is 0. The van der Waals surface area contributed by atoms with E-state index in [4.69, 9.17) is 0 Å². The van der Waals surface area contributed by atoms with E-state index >= 15 is 0 Å². The quantitative estimate of drug-likeness (QED) is 0.572. The van der Waals surface area contributed by atoms with Crippen molar-refractivity contribution in [1.82, 2.24) is 4.90 Å². The molecule has 1 saturated heterocycles. The summed E-state index contributed by atoms with van der Waals surface area (Å²) < 4.78 is 0. The molecule has 164 valence electrons. The summed E-state index contributed by atoms with van der Waals surface area (Å²) in [6.45, 7) is 1.72. The normalized spacial score (nSPS) is 21.9. The van der Waals surface area contributed by atoms with Crippen LogP contribution >= 0.6 is 0 Å². The van der Waals surface area contributed by atoms with E-state index in [1.807, 2.05) is 97.1 Å². The summed E-state index contributed by atoms with van der Waals surface area (Å²) in [5.74, 6) is -0.638. The maximum atomic E-state index is 14.0. The van der Waals surface area contributed by atoms with Crippen LogP contribution < -0.4 is 4.90 Å². The van der Waals surface area contributed by atoms with Gasteiger partial charge in [-0.15, -0.1) is 0 Å². The molecule has 2 atom stereocenters. The van der Waals surface area contributed by atoms with E-state index in [0.29, 0.717) is 5.69 Å². The molecule has 33 heavy (non-hydrogen) atoms. The SMILES string of the molecule is CC(=O)N1c2ccccc2C2(CC(=O)N(Cc3ccccc3)C2=O)C1C=Cc1ccccc1. The van der Waals surface area contributed by atoms with Crippen LogP contribution in [0.5, 0.6) is 0 Å². The van der Waals surface area contributed by atoms with Crippen LogP contribution in [0.1, 0.15) is 30.0 Å². The Bertz CT molecular complexity index is 1250. The van der Waals surface area contributed by atoms with Gasteiger partial charge in [0.2, 0.25) is 17.7 Å². The number of amides is 3. The zero-order chi connectivity index (χ0) is 23.0. The lowest BCUT2D eigenvalue weighted by Crippen LogP contribution is -2.50. The summed E-state index contributed by atoms with van der Waals surface area (Å²) in [7, 11) is 0. The minimum atomic E-state index is -1.14. The van der Waals surface area contributed by atoms with Gasteiger partial charge >= 0.3 is 0 Å². The number of likely N-dealkylation sites (tertiary alicyclic amines) is 1. The number of carbonyl (C=O) groups is 3. The van der Waals surface area contributed by atoms with Gasteiger partial charge in [0.05, 0.1) is 12.6 Å². The zero-order valence-corrected chi connectivity index (χ0v) is 18.3. The third-order valence-electron chi connectivity index (χ3n) is 6.58. The Morgan fingerprint density at radius 3 is 2.27 bits per heavy atom. The molecular weight excluding hydrogens is 412 g/mol. The van der Waals surface area contributed by atoms with Crippen LogP contribution in [-0.2, 0) is 26.3 Å². The highest BCUT2D eigenvalue weighted by Crippen LogP contribution is 2.52. The molecule has 3 amide bonds. The van der Waals surface area contributed by atoms with Gasteiger partial charge in [0.15, 0.2) is 0 Å². The van der Waals surface area contributed by atoms with Crippen LogP contribution in [0.15, 0.2) is 91.0 Å². The predicted molar refractivity (Wildman–Crippen MR) is 127 cm³/mol. The van der Waals surface area contributed by atoms with Gasteiger partial charge < -0.3 is 4.90 Å². The van der Waals surface area contributed by atoms with Crippen molar-refractivity contribution in [3.8, 4) is 0 Å². The van der Waals surface area contributed by atoms with Crippen molar-refractivity contribution in [3.63, 3.8) is 0 Å². The number of nitrogens with zero attached hydrogens (tertiary/aromatic N) is 2. The van der Waals surface area contributed by atoms with Crippen molar-refractivity contribution in [3.05, 3.63) is 108 Å². The van der Waals surface area contributed by atoms with Crippen LogP contribution in [0, 0.1) is 0 Å². The first-order valence-corrected chi connectivity index (χ1v) is 11.0. The molecule has 0 aromatic heterocycles. The molecule has 5 rings (SSSR count). The van der Waals surface area contributed by atoms with E-state index < -0.39 is 11.5 Å². The summed E-state index contributed by atoms with van der Waals surface area (Å²) in [5, 5.41) is 0. The van der Waals surface area contributed by atoms with Gasteiger partial charge in [0.25, 0.3) is 0 Å². The summed E-state index contributed by atoms with van der Waals surface area (Å²) in [4.78, 5) is 43.1. The second-order valence-electron chi connectivity index (χ2n) is 8.54. The Balaban J connectivity index is 1.62. The van der Waals surface area contributed by atoms with Gasteiger partial charge in [0, 0.05) is 19.0 Å². The second kappa shape index (κ2) is 8.17. The van der Waals surface area contributed by atoms with E-state index in [9.17, 15) is 14.4 Å². The summed E-state index contributed by atoms with van der Waals surface area (Å²) >= 11 is 0. The number of carbonyl (C=O) groups excluding carboxylic acids is 3. The minimum Gasteiger partial charge on any atom is -0.304 e. The van der Waals surface area contributed by atoms with Gasteiger partial charge in [-0.05, 0) is 22.8 Å². The molecule has 1 spiro atoms. The molecule has 5 heteroatoms. The van der Waals surface area contributed by atoms with Crippen LogP contribution in [0.4, 0.5) is 5.69 Å². The van der Waals surface area contributed by atoms with E-state index in [0.717, 1.165) is 16.7 Å². The number of benzene rings is 3. The Hall–Kier alpha value is -3.99. The minimum absolute atomic E-state index is 0.0310. The number of rotatable bonds is 4. The van der Waals surface area contributed by atoms with Crippen LogP contribution in [0.2, 0.25) is 0 Å². The number of imide groups is 1. The number of anilines is 1. The lowest BCUT2D eigenvalue weighted by Gasteiger charge is -2.31. The van der Waals surface area contributed by atoms with Crippen molar-refractivity contribution >= 4 is 29.5 Å². The van der Waals surface area contributed by atoms with Crippen molar-refractivity contribution in [1.29, 1.82) is 0 Å². The van der Waals surface area contributed by atoms with E-state index in [1.165, 1.54) is 11.8 Å². The second-order valence-corrected chi connectivity index (χ2v) is 8.54. The van der Waals surface area contributed by atoms with E-state index in [-0.39, 0.29) is 30.7 Å². The zero-order valence-electron chi connectivity index (χ0n) is 18.3. The van der Waals surface area contributed by atoms with Gasteiger partial charge in [-0.25, -0.2) is 0 Å². The monoisotopic (exact) mass is 436 g/mol. The molecule has 2 heterocycles. The molecule has 0 radical (unpaired) electrons. The van der Waals surface area contributed by atoms with Crippen molar-refractivity contribution in [2.45, 2.75) is 31.3 Å². The van der Waals surface area contributed by atoms with Gasteiger partial charge in [0.1, 0.15) is 5.41 Å².